The molecule has 4 aromatic rings. The van der Waals surface area contributed by atoms with Gasteiger partial charge >= 0.3 is 0 Å². The molecule has 3 aromatic carbocycles. The lowest BCUT2D eigenvalue weighted by atomic mass is 9.94. The quantitative estimate of drug-likeness (QED) is 0.403. The van der Waals surface area contributed by atoms with Crippen molar-refractivity contribution in [3.05, 3.63) is 93.9 Å². The summed E-state index contributed by atoms with van der Waals surface area (Å²) in [4.78, 5) is 25.1. The molecule has 0 aliphatic carbocycles. The average Bonchev–Trinajstić information content (AvgIpc) is 3.04. The standard InChI is InChI=1S/C27H20ClFN4O4/c1-36-21-5-3-4-20(29)23(21)25-19-10-15(28)6-8-17(19)24-14(12-30-25)13-31-27(33-24)32-16-7-9-18(26(34)35)22(11-16)37-2/h3-11,13H,12H2,1-2H3,(H,34,35)(H,31,32,33)/p-1. The number of rotatable bonds is 6. The number of carbonyl (C=O) groups excluding carboxylic acids is 1. The topological polar surface area (TPSA) is 109 Å². The first-order valence-corrected chi connectivity index (χ1v) is 11.5. The number of carboxylic acid groups (broad SMARTS) is 1. The van der Waals surface area contributed by atoms with Gasteiger partial charge in [-0.25, -0.2) is 14.4 Å². The van der Waals surface area contributed by atoms with E-state index < -0.39 is 11.8 Å². The Labute approximate surface area is 216 Å². The summed E-state index contributed by atoms with van der Waals surface area (Å²) in [6.07, 6.45) is 1.64. The maximum Gasteiger partial charge on any atom is 0.227 e. The molecule has 8 nitrogen and oxygen atoms in total. The summed E-state index contributed by atoms with van der Waals surface area (Å²) in [6, 6.07) is 14.3. The molecule has 186 valence electrons. The summed E-state index contributed by atoms with van der Waals surface area (Å²) in [7, 11) is 2.84. The third kappa shape index (κ3) is 4.56. The molecule has 1 aliphatic heterocycles. The SMILES string of the molecule is COc1cc(Nc2ncc3c(n2)-c2ccc(Cl)cc2C(c2c(F)cccc2OC)=NC3)ccc1C(=O)[O-]. The molecule has 0 unspecified atom stereocenters. The molecule has 0 radical (unpaired) electrons. The van der Waals surface area contributed by atoms with E-state index in [2.05, 4.69) is 10.3 Å². The van der Waals surface area contributed by atoms with Crippen LogP contribution in [0.25, 0.3) is 11.3 Å². The van der Waals surface area contributed by atoms with Gasteiger partial charge in [0.05, 0.1) is 43.7 Å². The van der Waals surface area contributed by atoms with Crippen LogP contribution in [0.3, 0.4) is 0 Å². The molecule has 0 spiro atoms. The smallest absolute Gasteiger partial charge is 0.227 e. The highest BCUT2D eigenvalue weighted by molar-refractivity contribution is 6.31. The van der Waals surface area contributed by atoms with Crippen LogP contribution in [-0.2, 0) is 6.54 Å². The molecule has 1 N–H and O–H groups in total. The molecule has 0 bridgehead atoms. The predicted octanol–water partition coefficient (Wildman–Crippen LogP) is 4.41. The third-order valence-corrected chi connectivity index (χ3v) is 6.11. The van der Waals surface area contributed by atoms with Crippen LogP contribution in [0.4, 0.5) is 16.0 Å². The Bertz CT molecular complexity index is 1570. The number of aromatic nitrogens is 2. The lowest BCUT2D eigenvalue weighted by molar-refractivity contribution is -0.255. The Morgan fingerprint density at radius 3 is 2.62 bits per heavy atom. The van der Waals surface area contributed by atoms with Gasteiger partial charge in [0.15, 0.2) is 0 Å². The Morgan fingerprint density at radius 2 is 1.86 bits per heavy atom. The Morgan fingerprint density at radius 1 is 1.05 bits per heavy atom. The molecule has 37 heavy (non-hydrogen) atoms. The van der Waals surface area contributed by atoms with Gasteiger partial charge in [-0.2, -0.15) is 0 Å². The van der Waals surface area contributed by atoms with Crippen LogP contribution < -0.4 is 19.9 Å². The van der Waals surface area contributed by atoms with Gasteiger partial charge in [-0.05, 0) is 36.4 Å². The van der Waals surface area contributed by atoms with Gasteiger partial charge in [0.2, 0.25) is 5.95 Å². The number of nitrogens with one attached hydrogen (secondary N) is 1. The number of aliphatic imine (C=N–C) groups is 1. The lowest BCUT2D eigenvalue weighted by Gasteiger charge is -2.15. The van der Waals surface area contributed by atoms with Crippen molar-refractivity contribution in [2.24, 2.45) is 4.99 Å². The molecular formula is C27H19ClFN4O4-. The molecule has 1 aromatic heterocycles. The van der Waals surface area contributed by atoms with Crippen molar-refractivity contribution in [1.29, 1.82) is 0 Å². The van der Waals surface area contributed by atoms with Gasteiger partial charge in [-0.1, -0.05) is 23.7 Å². The number of hydrogen-bond donors (Lipinski definition) is 1. The molecule has 2 heterocycles. The number of ether oxygens (including phenoxy) is 2. The number of hydrogen-bond acceptors (Lipinski definition) is 8. The van der Waals surface area contributed by atoms with Crippen molar-refractivity contribution in [1.82, 2.24) is 9.97 Å². The largest absolute Gasteiger partial charge is 0.545 e. The van der Waals surface area contributed by atoms with E-state index >= 15 is 4.39 Å². The minimum Gasteiger partial charge on any atom is -0.545 e. The molecule has 0 fully saturated rings. The number of benzene rings is 3. The predicted molar refractivity (Wildman–Crippen MR) is 135 cm³/mol. The van der Waals surface area contributed by atoms with Crippen LogP contribution in [0.15, 0.2) is 65.8 Å². The number of carboxylic acids is 1. The molecule has 5 rings (SSSR count). The monoisotopic (exact) mass is 517 g/mol. The first-order chi connectivity index (χ1) is 17.9. The zero-order valence-corrected chi connectivity index (χ0v) is 20.5. The van der Waals surface area contributed by atoms with E-state index in [9.17, 15) is 9.90 Å². The fraction of sp³-hybridized carbons (Fsp3) is 0.111. The van der Waals surface area contributed by atoms with Crippen LogP contribution in [0, 0.1) is 5.82 Å². The van der Waals surface area contributed by atoms with Gasteiger partial charge in [0.1, 0.15) is 17.3 Å². The highest BCUT2D eigenvalue weighted by Gasteiger charge is 2.25. The van der Waals surface area contributed by atoms with Crippen molar-refractivity contribution in [2.75, 3.05) is 19.5 Å². The fourth-order valence-electron chi connectivity index (χ4n) is 4.17. The second kappa shape index (κ2) is 9.87. The summed E-state index contributed by atoms with van der Waals surface area (Å²) in [5, 5.41) is 14.8. The van der Waals surface area contributed by atoms with Crippen molar-refractivity contribution in [3.63, 3.8) is 0 Å². The van der Waals surface area contributed by atoms with Crippen molar-refractivity contribution < 1.29 is 23.8 Å². The highest BCUT2D eigenvalue weighted by Crippen LogP contribution is 2.36. The summed E-state index contributed by atoms with van der Waals surface area (Å²) in [5.41, 5.74) is 3.67. The number of carbonyl (C=O) groups is 1. The summed E-state index contributed by atoms with van der Waals surface area (Å²) >= 11 is 6.34. The van der Waals surface area contributed by atoms with Crippen LogP contribution in [-0.4, -0.2) is 35.9 Å². The number of nitrogens with zero attached hydrogens (tertiary/aromatic N) is 3. The molecular weight excluding hydrogens is 499 g/mol. The van der Waals surface area contributed by atoms with E-state index in [4.69, 9.17) is 31.1 Å². The van der Waals surface area contributed by atoms with E-state index in [1.165, 1.54) is 32.4 Å². The van der Waals surface area contributed by atoms with E-state index in [1.807, 2.05) is 0 Å². The zero-order chi connectivity index (χ0) is 26.1. The maximum atomic E-state index is 15.0. The van der Waals surface area contributed by atoms with Crippen LogP contribution in [0.5, 0.6) is 11.5 Å². The van der Waals surface area contributed by atoms with E-state index in [0.29, 0.717) is 39.0 Å². The minimum atomic E-state index is -1.35. The van der Waals surface area contributed by atoms with Crippen LogP contribution in [0.2, 0.25) is 5.02 Å². The van der Waals surface area contributed by atoms with Crippen molar-refractivity contribution in [3.8, 4) is 22.8 Å². The Kier molecular flexibility index (Phi) is 6.45. The van der Waals surface area contributed by atoms with E-state index in [0.717, 1.165) is 5.56 Å². The number of aromatic carboxylic acids is 1. The summed E-state index contributed by atoms with van der Waals surface area (Å²) in [6.45, 7) is 0.197. The average molecular weight is 518 g/mol. The van der Waals surface area contributed by atoms with Gasteiger partial charge in [-0.3, -0.25) is 4.99 Å². The molecule has 0 saturated heterocycles. The van der Waals surface area contributed by atoms with Crippen molar-refractivity contribution in [2.45, 2.75) is 6.54 Å². The summed E-state index contributed by atoms with van der Waals surface area (Å²) < 4.78 is 25.6. The summed E-state index contributed by atoms with van der Waals surface area (Å²) in [5.74, 6) is -1.08. The van der Waals surface area contributed by atoms with Crippen LogP contribution in [0.1, 0.15) is 27.0 Å². The molecule has 0 saturated carbocycles. The normalized spacial score (nSPS) is 12.1. The molecule has 1 aliphatic rings. The second-order valence-corrected chi connectivity index (χ2v) is 8.50. The number of fused-ring (bicyclic) bond motifs is 3. The number of halogens is 2. The van der Waals surface area contributed by atoms with Gasteiger partial charge in [0, 0.05) is 45.2 Å². The first kappa shape index (κ1) is 24.2. The second-order valence-electron chi connectivity index (χ2n) is 8.07. The third-order valence-electron chi connectivity index (χ3n) is 5.87. The Balaban J connectivity index is 1.60. The van der Waals surface area contributed by atoms with Crippen molar-refractivity contribution >= 4 is 34.9 Å². The van der Waals surface area contributed by atoms with Gasteiger partial charge < -0.3 is 24.7 Å². The van der Waals surface area contributed by atoms with E-state index in [1.54, 1.807) is 42.6 Å². The van der Waals surface area contributed by atoms with Gasteiger partial charge in [0.25, 0.3) is 0 Å². The van der Waals surface area contributed by atoms with Gasteiger partial charge in [-0.15, -0.1) is 0 Å². The lowest BCUT2D eigenvalue weighted by Crippen LogP contribution is -2.22. The number of methoxy groups -OCH3 is 2. The zero-order valence-electron chi connectivity index (χ0n) is 19.7. The molecule has 0 amide bonds. The Hall–Kier alpha value is -4.50. The molecule has 0 atom stereocenters. The minimum absolute atomic E-state index is 0.0741. The fourth-order valence-corrected chi connectivity index (χ4v) is 4.34. The van der Waals surface area contributed by atoms with E-state index in [-0.39, 0.29) is 29.4 Å². The number of anilines is 2. The molecule has 10 heteroatoms. The first-order valence-electron chi connectivity index (χ1n) is 11.1. The highest BCUT2D eigenvalue weighted by atomic mass is 35.5. The maximum absolute atomic E-state index is 15.0. The van der Waals surface area contributed by atoms with Crippen LogP contribution >= 0.6 is 11.6 Å².